The predicted octanol–water partition coefficient (Wildman–Crippen LogP) is 28.2. The first kappa shape index (κ1) is 63.3. The highest BCUT2D eigenvalue weighted by Gasteiger charge is 2.46. The second-order valence-corrected chi connectivity index (χ2v) is 39.3. The smallest absolute Gasteiger partial charge is 0.252 e. The molecule has 4 aromatic heterocycles. The Bertz CT molecular complexity index is 7170. The van der Waals surface area contributed by atoms with Crippen LogP contribution in [0.2, 0.25) is 0 Å². The van der Waals surface area contributed by atoms with Gasteiger partial charge in [-0.1, -0.05) is 303 Å². The van der Waals surface area contributed by atoms with Gasteiger partial charge in [-0.2, -0.15) is 0 Å². The van der Waals surface area contributed by atoms with E-state index in [-0.39, 0.29) is 73.1 Å². The molecule has 0 saturated heterocycles. The second-order valence-electron chi connectivity index (χ2n) is 39.3. The van der Waals surface area contributed by atoms with Crippen molar-refractivity contribution in [2.24, 2.45) is 0 Å². The number of benzene rings is 13. The minimum absolute atomic E-state index is 0.00956. The normalized spacial score (nSPS) is 14.8. The molecule has 0 N–H and O–H groups in total. The zero-order valence-electron chi connectivity index (χ0n) is 77.2. The molecule has 6 heterocycles. The van der Waals surface area contributed by atoms with E-state index in [0.717, 1.165) is 122 Å². The average molecular weight is 1480 g/mol. The monoisotopic (exact) mass is 1480 g/mol. The molecular formula is C106H103BN4O2. The lowest BCUT2D eigenvalue weighted by atomic mass is 9.33. The lowest BCUT2D eigenvalue weighted by Crippen LogP contribution is -2.61. The molecule has 17 aromatic rings. The quantitative estimate of drug-likeness (QED) is 0.156. The van der Waals surface area contributed by atoms with Crippen LogP contribution in [0, 0.1) is 0 Å². The van der Waals surface area contributed by atoms with Gasteiger partial charge in [0, 0.05) is 65.8 Å². The Kier molecular flexibility index (Phi) is 13.8. The first-order chi connectivity index (χ1) is 56.8. The van der Waals surface area contributed by atoms with Crippen molar-refractivity contribution in [3.63, 3.8) is 0 Å². The molecule has 19 rings (SSSR count). The summed E-state index contributed by atoms with van der Waals surface area (Å²) in [4.78, 5) is 4.94. The number of para-hydroxylation sites is 6. The van der Waals surface area contributed by atoms with Gasteiger partial charge in [0.2, 0.25) is 0 Å². The number of furan rings is 2. The van der Waals surface area contributed by atoms with E-state index in [2.05, 4.69) is 336 Å². The zero-order chi connectivity index (χ0) is 86.0. The zero-order valence-corrected chi connectivity index (χ0v) is 69.2. The fourth-order valence-corrected chi connectivity index (χ4v) is 17.8. The third kappa shape index (κ3) is 11.5. The molecule has 2 aliphatic heterocycles. The van der Waals surface area contributed by atoms with E-state index >= 15 is 0 Å². The Morgan fingerprint density at radius 1 is 0.248 bits per heavy atom. The van der Waals surface area contributed by atoms with Crippen LogP contribution in [0.25, 0.3) is 121 Å². The second kappa shape index (κ2) is 24.6. The van der Waals surface area contributed by atoms with Crippen molar-refractivity contribution in [3.8, 4) is 33.6 Å². The lowest BCUT2D eigenvalue weighted by molar-refractivity contribution is 0.568. The number of rotatable bonds is 6. The van der Waals surface area contributed by atoms with Crippen LogP contribution in [-0.4, -0.2) is 15.8 Å². The fraction of sp³-hybridized carbons (Fsp3) is 0.264. The number of aromatic nitrogens is 2. The molecule has 0 radical (unpaired) electrons. The third-order valence-corrected chi connectivity index (χ3v) is 24.4. The van der Waals surface area contributed by atoms with Crippen molar-refractivity contribution < 1.29 is 19.8 Å². The van der Waals surface area contributed by atoms with E-state index in [1.54, 1.807) is 10.6 Å². The van der Waals surface area contributed by atoms with E-state index in [1.165, 1.54) is 44.2 Å². The van der Waals surface area contributed by atoms with Crippen LogP contribution >= 0.6 is 0 Å². The summed E-state index contributed by atoms with van der Waals surface area (Å²) in [7, 11) is 0. The Morgan fingerprint density at radius 3 is 0.920 bits per heavy atom. The molecule has 6 nitrogen and oxygen atoms in total. The van der Waals surface area contributed by atoms with Crippen molar-refractivity contribution in [2.45, 2.75) is 183 Å². The highest BCUT2D eigenvalue weighted by molar-refractivity contribution is 7.00. The van der Waals surface area contributed by atoms with Crippen LogP contribution in [0.15, 0.2) is 251 Å². The molecule has 0 fully saturated rings. The van der Waals surface area contributed by atoms with Gasteiger partial charge in [-0.05, 0) is 200 Å². The number of anilines is 6. The highest BCUT2D eigenvalue weighted by Crippen LogP contribution is 2.54. The summed E-state index contributed by atoms with van der Waals surface area (Å²) in [6.07, 6.45) is 0. The van der Waals surface area contributed by atoms with Crippen molar-refractivity contribution in [2.75, 3.05) is 9.80 Å². The van der Waals surface area contributed by atoms with Crippen molar-refractivity contribution >= 4 is 145 Å². The van der Waals surface area contributed by atoms with Crippen LogP contribution in [0.1, 0.15) is 195 Å². The average Bonchev–Trinajstić information content (AvgIpc) is 1.19. The maximum atomic E-state index is 9.63. The topological polar surface area (TPSA) is 42.6 Å². The van der Waals surface area contributed by atoms with Crippen LogP contribution in [0.4, 0.5) is 34.1 Å². The van der Waals surface area contributed by atoms with E-state index in [1.807, 2.05) is 12.1 Å². The van der Waals surface area contributed by atoms with E-state index < -0.39 is 41.7 Å². The van der Waals surface area contributed by atoms with Gasteiger partial charge >= 0.3 is 0 Å². The molecule has 0 atom stereocenters. The molecule has 0 spiro atoms. The van der Waals surface area contributed by atoms with Crippen LogP contribution < -0.4 is 26.2 Å². The minimum atomic E-state index is -0.508. The summed E-state index contributed by atoms with van der Waals surface area (Å²) in [5, 5.41) is 5.81. The summed E-state index contributed by atoms with van der Waals surface area (Å²) in [5.41, 5.74) is 26.4. The van der Waals surface area contributed by atoms with Crippen molar-refractivity contribution in [3.05, 3.63) is 281 Å². The molecule has 0 unspecified atom stereocenters. The molecule has 2 aliphatic rings. The van der Waals surface area contributed by atoms with Gasteiger partial charge in [0.15, 0.2) is 22.3 Å². The molecule has 0 saturated carbocycles. The lowest BCUT2D eigenvalue weighted by Gasteiger charge is -2.45. The summed E-state index contributed by atoms with van der Waals surface area (Å²) in [6, 6.07) is 69.1. The largest absolute Gasteiger partial charge is 0.452 e. The third-order valence-electron chi connectivity index (χ3n) is 24.4. The summed E-state index contributed by atoms with van der Waals surface area (Å²) in [6.45, 7) is 47.8. The maximum absolute atomic E-state index is 9.63. The van der Waals surface area contributed by atoms with Crippen LogP contribution in [0.3, 0.4) is 0 Å². The van der Waals surface area contributed by atoms with Gasteiger partial charge in [0.1, 0.15) is 0 Å². The molecular weight excluding hydrogens is 1370 g/mol. The molecule has 562 valence electrons. The van der Waals surface area contributed by atoms with Gasteiger partial charge in [0.25, 0.3) is 6.71 Å². The Morgan fingerprint density at radius 2 is 0.566 bits per heavy atom. The first-order valence-corrected chi connectivity index (χ1v) is 40.2. The number of nitrogens with zero attached hydrogens (tertiary/aromatic N) is 4. The molecule has 0 amide bonds. The highest BCUT2D eigenvalue weighted by atomic mass is 16.3. The van der Waals surface area contributed by atoms with Crippen molar-refractivity contribution in [1.29, 1.82) is 0 Å². The molecule has 13 aromatic carbocycles. The minimum Gasteiger partial charge on any atom is -0.452 e. The van der Waals surface area contributed by atoms with E-state index in [9.17, 15) is 5.48 Å². The van der Waals surface area contributed by atoms with E-state index in [4.69, 9.17) is 14.3 Å². The number of hydrogen-bond acceptors (Lipinski definition) is 4. The Labute approximate surface area is 678 Å². The molecule has 113 heavy (non-hydrogen) atoms. The first-order valence-electron chi connectivity index (χ1n) is 44.2. The fourth-order valence-electron chi connectivity index (χ4n) is 17.8. The van der Waals surface area contributed by atoms with Crippen LogP contribution in [0.5, 0.6) is 0 Å². The van der Waals surface area contributed by atoms with Crippen molar-refractivity contribution in [1.82, 2.24) is 9.13 Å². The Balaban J connectivity index is 0.927. The predicted molar refractivity (Wildman–Crippen MR) is 485 cm³/mol. The summed E-state index contributed by atoms with van der Waals surface area (Å²) < 4.78 is 93.7. The van der Waals surface area contributed by atoms with Gasteiger partial charge in [0.05, 0.1) is 55.8 Å². The summed E-state index contributed by atoms with van der Waals surface area (Å²) in [5.74, 6) is 0. The Hall–Kier alpha value is -11.3. The number of hydrogen-bond donors (Lipinski definition) is 0. The van der Waals surface area contributed by atoms with E-state index in [0.29, 0.717) is 22.2 Å². The van der Waals surface area contributed by atoms with Gasteiger partial charge in [-0.15, -0.1) is 0 Å². The SMILES string of the molecule is [2H]c1c([2H])c([2H])c2c(c1[2H])c1c([2H])c([2H])c([2H])c([2H])c1n2-c1cccc2c1oc1c(N3c4cc(-c5cc(C(C)(C)C)cc(C(C)(C)C)c5)ccc4B4c5ccc(-c6cc(C(C)(C)C)cc(C(C)(C)C)c6)cc5N(c5cccc6c5oc5c(-n7c8ccc(C(C)(C)C)cc8c8cc(C(C)(C)C)ccc87)cccc56)c5cc(C(C)(C)C)cc3c54)cccc12. The molecule has 0 bridgehead atoms. The van der Waals surface area contributed by atoms with Gasteiger partial charge < -0.3 is 27.8 Å². The maximum Gasteiger partial charge on any atom is 0.252 e. The van der Waals surface area contributed by atoms with Crippen LogP contribution in [-0.2, 0) is 37.9 Å². The molecule has 7 heteroatoms. The standard InChI is InChI=1S/C106H103BN4O2/c1-100(2,3)66-44-48-85-79(58-66)80-59-67(101(4,5)6)45-49-86(80)109(85)88-39-27-33-76-78-35-29-41-90(99(78)113-97(76)88)111-92-55-63(65-52-70(104(13,14)15)57-71(53-65)105(16,17)18)43-47-82(92)107-81-46-42-62(64-50-68(102(7,8)9)56-69(51-64)103(10,11)12)54-91(81)110(93-60-72(106(19,20)21)61-94(111)95(93)107)89-40-28-34-77-75-32-26-38-87(96(75)112-98(77)89)108-83-36-24-22-30-73(83)74-31-23-25-37-84(74)108/h22-61H,1-21H3/i22D,23D,24D,25D,30D,31D,36D,37D. The molecule has 0 aliphatic carbocycles. The number of fused-ring (bicyclic) bond motifs is 16. The van der Waals surface area contributed by atoms with Gasteiger partial charge in [-0.25, -0.2) is 0 Å². The van der Waals surface area contributed by atoms with Gasteiger partial charge in [-0.3, -0.25) is 0 Å². The summed E-state index contributed by atoms with van der Waals surface area (Å²) >= 11 is 0.